The normalized spacial score (nSPS) is 29.0. The zero-order valence-electron chi connectivity index (χ0n) is 14.9. The van der Waals surface area contributed by atoms with Crippen LogP contribution in [0.5, 0.6) is 0 Å². The average Bonchev–Trinajstić information content (AvgIpc) is 2.74. The van der Waals surface area contributed by atoms with E-state index < -0.39 is 85.6 Å². The van der Waals surface area contributed by atoms with E-state index in [-0.39, 0.29) is 0 Å². The Bertz CT molecular complexity index is 650. The molecule has 0 aromatic carbocycles. The first kappa shape index (κ1) is 25.6. The summed E-state index contributed by atoms with van der Waals surface area (Å²) in [5.74, 6) is -7.00. The summed E-state index contributed by atoms with van der Waals surface area (Å²) in [6.45, 7) is -1.12. The summed E-state index contributed by atoms with van der Waals surface area (Å²) in [4.78, 5) is 62.2. The van der Waals surface area contributed by atoms with Gasteiger partial charge in [-0.2, -0.15) is 0 Å². The molecule has 1 saturated heterocycles. The Kier molecular flexibility index (Phi) is 9.00. The predicted molar refractivity (Wildman–Crippen MR) is 81.7 cm³/mol. The Labute approximate surface area is 166 Å². The molecule has 0 bridgehead atoms. The van der Waals surface area contributed by atoms with Gasteiger partial charge in [0.05, 0.1) is 19.4 Å². The molecule has 0 aliphatic carbocycles. The van der Waals surface area contributed by atoms with Gasteiger partial charge >= 0.3 is 23.9 Å². The van der Waals surface area contributed by atoms with Gasteiger partial charge in [0, 0.05) is 0 Å². The van der Waals surface area contributed by atoms with E-state index in [9.17, 15) is 54.9 Å². The van der Waals surface area contributed by atoms with Crippen LogP contribution >= 0.6 is 0 Å². The topological polar surface area (TPSA) is 267 Å². The van der Waals surface area contributed by atoms with Crippen LogP contribution in [0.2, 0.25) is 0 Å². The van der Waals surface area contributed by atoms with Crippen molar-refractivity contribution in [2.24, 2.45) is 0 Å². The van der Waals surface area contributed by atoms with Gasteiger partial charge < -0.3 is 40.9 Å². The minimum absolute atomic E-state index is 0.706. The summed E-state index contributed by atoms with van der Waals surface area (Å²) < 4.78 is 0. The van der Waals surface area contributed by atoms with E-state index in [1.165, 1.54) is 0 Å². The molecule has 1 rings (SSSR count). The van der Waals surface area contributed by atoms with Gasteiger partial charge in [0.15, 0.2) is 6.10 Å². The fraction of sp³-hybridized carbons (Fsp3) is 0.714. The van der Waals surface area contributed by atoms with Crippen LogP contribution < -0.4 is 0 Å². The zero-order chi connectivity index (χ0) is 23.2. The van der Waals surface area contributed by atoms with E-state index in [1.54, 1.807) is 0 Å². The molecule has 0 aromatic rings. The highest BCUT2D eigenvalue weighted by Gasteiger charge is 2.60. The number of hydrogen-bond donors (Lipinski definition) is 8. The second-order valence-electron chi connectivity index (χ2n) is 6.08. The zero-order valence-corrected chi connectivity index (χ0v) is 14.9. The lowest BCUT2D eigenvalue weighted by molar-refractivity contribution is -0.298. The Morgan fingerprint density at radius 2 is 1.33 bits per heavy atom. The summed E-state index contributed by atoms with van der Waals surface area (Å²) in [5, 5.41) is 77.8. The third-order valence-electron chi connectivity index (χ3n) is 3.98. The van der Waals surface area contributed by atoms with Crippen molar-refractivity contribution in [1.82, 2.24) is 0 Å². The molecule has 3 unspecified atom stereocenters. The van der Waals surface area contributed by atoms with E-state index in [0.717, 1.165) is 0 Å². The van der Waals surface area contributed by atoms with Crippen LogP contribution in [-0.4, -0.2) is 114 Å². The van der Waals surface area contributed by atoms with Crippen molar-refractivity contribution in [2.45, 2.75) is 55.1 Å². The Morgan fingerprint density at radius 1 is 0.833 bits per heavy atom. The Balaban J connectivity index is 3.24. The minimum atomic E-state index is -3.94. The monoisotopic (exact) mass is 444 g/mol. The van der Waals surface area contributed by atoms with Crippen molar-refractivity contribution in [2.75, 3.05) is 6.61 Å². The Hall–Kier alpha value is -2.44. The fourth-order valence-corrected chi connectivity index (χ4v) is 2.13. The molecule has 0 amide bonds. The number of hydrogen-bond acceptors (Lipinski definition) is 16. The van der Waals surface area contributed by atoms with E-state index in [4.69, 9.17) is 5.11 Å². The smallest absolute Gasteiger partial charge is 0.392 e. The molecule has 1 aliphatic heterocycles. The van der Waals surface area contributed by atoms with Crippen molar-refractivity contribution in [1.29, 1.82) is 0 Å². The molecule has 0 saturated carbocycles. The highest BCUT2D eigenvalue weighted by atomic mass is 17.2. The number of carbonyl (C=O) groups excluding carboxylic acids is 4. The molecule has 0 aromatic heterocycles. The van der Waals surface area contributed by atoms with Gasteiger partial charge in [-0.1, -0.05) is 0 Å². The van der Waals surface area contributed by atoms with E-state index >= 15 is 0 Å². The van der Waals surface area contributed by atoms with Gasteiger partial charge in [0.25, 0.3) is 0 Å². The van der Waals surface area contributed by atoms with Crippen LogP contribution in [0.15, 0.2) is 0 Å². The average molecular weight is 444 g/mol. The first-order valence-corrected chi connectivity index (χ1v) is 8.12. The van der Waals surface area contributed by atoms with Gasteiger partial charge in [-0.3, -0.25) is 0 Å². The number of aliphatic hydroxyl groups is 8. The fourth-order valence-electron chi connectivity index (χ4n) is 2.13. The maximum atomic E-state index is 12.1. The summed E-state index contributed by atoms with van der Waals surface area (Å²) in [5.41, 5.74) is -3.94. The molecular weight excluding hydrogens is 424 g/mol. The van der Waals surface area contributed by atoms with E-state index in [0.29, 0.717) is 0 Å². The molecule has 1 aliphatic rings. The molecule has 1 fully saturated rings. The van der Waals surface area contributed by atoms with Gasteiger partial charge in [0.1, 0.15) is 30.5 Å². The highest BCUT2D eigenvalue weighted by molar-refractivity contribution is 5.90. The van der Waals surface area contributed by atoms with Gasteiger partial charge in [-0.05, 0) is 0 Å². The molecule has 8 N–H and O–H groups in total. The standard InChI is InChI=1S/C14H20O16/c15-3-4(16)7(19)8(20)9(21)10(22)14(26)11(23)12(24)29-27-5(17)1-2-6(18)28-30-13(14)25/h4,7-11,15-16,19-23,26H,1-3H2/t4-,7+,8+,9+,10?,11?,14?/m0/s1. The first-order valence-electron chi connectivity index (χ1n) is 8.12. The molecular formula is C14H20O16. The van der Waals surface area contributed by atoms with Crippen molar-refractivity contribution >= 4 is 23.9 Å². The predicted octanol–water partition coefficient (Wildman–Crippen LogP) is -6.33. The molecule has 16 nitrogen and oxygen atoms in total. The van der Waals surface area contributed by atoms with Gasteiger partial charge in [-0.15, -0.1) is 0 Å². The SMILES string of the molecule is O=C1CCC(=O)OOC(=O)C(O)(C(O)[C@H](O)[C@H](O)[C@H](O)[C@@H](O)CO)C(O)C(=O)OO1. The summed E-state index contributed by atoms with van der Waals surface area (Å²) in [6.07, 6.45) is -17.5. The van der Waals surface area contributed by atoms with Crippen molar-refractivity contribution < 1.29 is 79.6 Å². The molecule has 16 heteroatoms. The molecule has 30 heavy (non-hydrogen) atoms. The summed E-state index contributed by atoms with van der Waals surface area (Å²) in [6, 6.07) is 0. The first-order chi connectivity index (χ1) is 13.9. The minimum Gasteiger partial charge on any atom is -0.394 e. The molecule has 7 atom stereocenters. The highest BCUT2D eigenvalue weighted by Crippen LogP contribution is 2.25. The maximum absolute atomic E-state index is 12.1. The largest absolute Gasteiger partial charge is 0.394 e. The van der Waals surface area contributed by atoms with Crippen LogP contribution in [0.25, 0.3) is 0 Å². The van der Waals surface area contributed by atoms with Crippen molar-refractivity contribution in [3.8, 4) is 0 Å². The third kappa shape index (κ3) is 5.58. The van der Waals surface area contributed by atoms with Crippen LogP contribution in [0, 0.1) is 0 Å². The molecule has 0 spiro atoms. The quantitative estimate of drug-likeness (QED) is 0.177. The third-order valence-corrected chi connectivity index (χ3v) is 3.98. The number of rotatable bonds is 6. The van der Waals surface area contributed by atoms with Crippen LogP contribution in [0.3, 0.4) is 0 Å². The van der Waals surface area contributed by atoms with Crippen LogP contribution in [0.4, 0.5) is 0 Å². The van der Waals surface area contributed by atoms with Crippen molar-refractivity contribution in [3.05, 3.63) is 0 Å². The lowest BCUT2D eigenvalue weighted by atomic mass is 9.83. The van der Waals surface area contributed by atoms with E-state index in [2.05, 4.69) is 19.6 Å². The summed E-state index contributed by atoms with van der Waals surface area (Å²) >= 11 is 0. The van der Waals surface area contributed by atoms with Gasteiger partial charge in [-0.25, -0.2) is 38.7 Å². The second-order valence-corrected chi connectivity index (χ2v) is 6.08. The number of carbonyl (C=O) groups is 4. The molecule has 172 valence electrons. The second kappa shape index (κ2) is 10.5. The van der Waals surface area contributed by atoms with E-state index in [1.807, 2.05) is 0 Å². The molecule has 1 heterocycles. The lowest BCUT2D eigenvalue weighted by Gasteiger charge is -2.37. The van der Waals surface area contributed by atoms with Crippen LogP contribution in [-0.2, 0) is 38.7 Å². The number of aliphatic hydroxyl groups excluding tert-OH is 7. The molecule has 0 radical (unpaired) electrons. The van der Waals surface area contributed by atoms with Crippen LogP contribution in [0.1, 0.15) is 12.8 Å². The van der Waals surface area contributed by atoms with Gasteiger partial charge in [0.2, 0.25) is 5.60 Å². The Morgan fingerprint density at radius 3 is 1.83 bits per heavy atom. The van der Waals surface area contributed by atoms with Crippen molar-refractivity contribution in [3.63, 3.8) is 0 Å². The summed E-state index contributed by atoms with van der Waals surface area (Å²) in [7, 11) is 0. The lowest BCUT2D eigenvalue weighted by Crippen LogP contribution is -2.67. The maximum Gasteiger partial charge on any atom is 0.392 e.